The molecule has 13 nitrogen and oxygen atoms in total. The number of hydrazine groups is 1. The van der Waals surface area contributed by atoms with Gasteiger partial charge in [0.25, 0.3) is 11.7 Å². The molecule has 2 unspecified atom stereocenters. The predicted octanol–water partition coefficient (Wildman–Crippen LogP) is 4.31. The number of nitrogens with zero attached hydrogens (tertiary/aromatic N) is 2. The van der Waals surface area contributed by atoms with Crippen molar-refractivity contribution in [3.63, 3.8) is 0 Å². The number of rotatable bonds is 14. The van der Waals surface area contributed by atoms with E-state index in [2.05, 4.69) is 16.2 Å². The molecule has 4 atom stereocenters. The van der Waals surface area contributed by atoms with Crippen LogP contribution in [0.3, 0.4) is 0 Å². The maximum atomic E-state index is 13.9. The van der Waals surface area contributed by atoms with E-state index >= 15 is 0 Å². The van der Waals surface area contributed by atoms with Crippen molar-refractivity contribution in [3.05, 3.63) is 119 Å². The number of aryl methyl sites for hydroxylation is 1. The number of esters is 1. The minimum absolute atomic E-state index is 0.00184. The second-order valence-corrected chi connectivity index (χ2v) is 15.2. The van der Waals surface area contributed by atoms with Crippen LogP contribution in [0.15, 0.2) is 91.1 Å². The molecule has 14 heteroatoms. The Hall–Kier alpha value is -6.25. The lowest BCUT2D eigenvalue weighted by atomic mass is 9.89. The highest BCUT2D eigenvalue weighted by Gasteiger charge is 2.43. The molecule has 0 saturated carbocycles. The molecular weight excluding hydrogens is 737 g/mol. The van der Waals surface area contributed by atoms with Gasteiger partial charge in [0.2, 0.25) is 5.91 Å². The zero-order valence-electron chi connectivity index (χ0n) is 33.0. The molecule has 4 aromatic rings. The standard InChI is InChI=1S/C44H46BN5O8/c1-24(2)39(40(52)44(56)58-22-35-32-12-8-6-10-30(32)31-11-7-9-13-33(31)35)46-41(53)26(4)47-48-29-16-14-27(15-17-29)28-19-37-43(55)50(45-23-51)36-18-25(3)38(57-5)20-34(36)42(54)49(37)21-28/h6-18,20-21,23-24,26,35,37,39,43,45,47-48,55H,19,22H2,1-5H3,(H,46,53)/t26-,37?,39?,43-/m0/s1. The van der Waals surface area contributed by atoms with Crippen LogP contribution in [0.4, 0.5) is 11.4 Å². The minimum Gasteiger partial charge on any atom is -0.496 e. The van der Waals surface area contributed by atoms with E-state index in [0.29, 0.717) is 35.3 Å². The van der Waals surface area contributed by atoms with E-state index in [1.807, 2.05) is 67.6 Å². The van der Waals surface area contributed by atoms with Crippen molar-refractivity contribution in [2.45, 2.75) is 64.4 Å². The lowest BCUT2D eigenvalue weighted by Crippen LogP contribution is -2.53. The van der Waals surface area contributed by atoms with E-state index in [0.717, 1.165) is 39.0 Å². The summed E-state index contributed by atoms with van der Waals surface area (Å²) in [5.74, 6) is -2.68. The molecule has 7 rings (SSSR count). The van der Waals surface area contributed by atoms with Crippen molar-refractivity contribution < 1.29 is 38.6 Å². The summed E-state index contributed by atoms with van der Waals surface area (Å²) in [7, 11) is 1.43. The van der Waals surface area contributed by atoms with Crippen molar-refractivity contribution in [1.82, 2.24) is 15.6 Å². The molecule has 0 aromatic heterocycles. The molecule has 2 aliphatic heterocycles. The first-order valence-corrected chi connectivity index (χ1v) is 19.3. The van der Waals surface area contributed by atoms with E-state index < -0.39 is 42.0 Å². The van der Waals surface area contributed by atoms with Gasteiger partial charge in [0.05, 0.1) is 18.7 Å². The minimum atomic E-state index is -1.14. The van der Waals surface area contributed by atoms with Gasteiger partial charge in [-0.3, -0.25) is 14.4 Å². The molecule has 4 aromatic carbocycles. The predicted molar refractivity (Wildman–Crippen MR) is 222 cm³/mol. The molecule has 298 valence electrons. The van der Waals surface area contributed by atoms with Crippen LogP contribution in [0, 0.1) is 12.8 Å². The van der Waals surface area contributed by atoms with Crippen molar-refractivity contribution in [1.29, 1.82) is 0 Å². The third kappa shape index (κ3) is 7.60. The third-order valence-electron chi connectivity index (χ3n) is 11.2. The summed E-state index contributed by atoms with van der Waals surface area (Å²) in [5.41, 5.74) is 14.0. The van der Waals surface area contributed by atoms with Gasteiger partial charge in [-0.2, -0.15) is 0 Å². The van der Waals surface area contributed by atoms with Crippen molar-refractivity contribution in [2.75, 3.05) is 24.0 Å². The van der Waals surface area contributed by atoms with Gasteiger partial charge in [0.1, 0.15) is 36.9 Å². The monoisotopic (exact) mass is 783 g/mol. The number of carbonyl (C=O) groups excluding carboxylic acids is 5. The molecule has 4 N–H and O–H groups in total. The second kappa shape index (κ2) is 16.7. The molecule has 0 bridgehead atoms. The van der Waals surface area contributed by atoms with Crippen LogP contribution in [-0.4, -0.2) is 85.2 Å². The number of aliphatic hydroxyl groups excluding tert-OH is 1. The summed E-state index contributed by atoms with van der Waals surface area (Å²) in [6.45, 7) is 6.96. The van der Waals surface area contributed by atoms with Gasteiger partial charge in [-0.25, -0.2) is 10.2 Å². The number of amides is 2. The van der Waals surface area contributed by atoms with Gasteiger partial charge >= 0.3 is 13.4 Å². The maximum absolute atomic E-state index is 13.9. The molecule has 58 heavy (non-hydrogen) atoms. The Kier molecular flexibility index (Phi) is 11.5. The summed E-state index contributed by atoms with van der Waals surface area (Å²) in [6.07, 6.45) is 1.65. The summed E-state index contributed by atoms with van der Waals surface area (Å²) < 4.78 is 11.1. The van der Waals surface area contributed by atoms with E-state index in [9.17, 15) is 29.1 Å². The van der Waals surface area contributed by atoms with Crippen molar-refractivity contribution in [3.8, 4) is 16.9 Å². The van der Waals surface area contributed by atoms with E-state index in [-0.39, 0.29) is 31.8 Å². The number of Topliss-reactive ketones (excluding diaryl/α,β-unsaturated/α-hetero) is 1. The van der Waals surface area contributed by atoms with Gasteiger partial charge in [-0.15, -0.1) is 0 Å². The molecule has 0 spiro atoms. The smallest absolute Gasteiger partial charge is 0.376 e. The highest BCUT2D eigenvalue weighted by molar-refractivity contribution is 6.70. The first kappa shape index (κ1) is 40.0. The quantitative estimate of drug-likeness (QED) is 0.0474. The van der Waals surface area contributed by atoms with Crippen molar-refractivity contribution >= 4 is 54.1 Å². The van der Waals surface area contributed by atoms with Gasteiger partial charge < -0.3 is 39.8 Å². The Morgan fingerprint density at radius 2 is 1.60 bits per heavy atom. The Morgan fingerprint density at radius 1 is 0.948 bits per heavy atom. The van der Waals surface area contributed by atoms with Crippen LogP contribution in [-0.2, 0) is 23.9 Å². The van der Waals surface area contributed by atoms with E-state index in [1.165, 1.54) is 12.0 Å². The fraction of sp³-hybridized carbons (Fsp3) is 0.295. The highest BCUT2D eigenvalue weighted by Crippen LogP contribution is 2.45. The van der Waals surface area contributed by atoms with Crippen molar-refractivity contribution in [2.24, 2.45) is 5.92 Å². The van der Waals surface area contributed by atoms with Crippen LogP contribution in [0.5, 0.6) is 5.75 Å². The average Bonchev–Trinajstić information content (AvgIpc) is 3.80. The van der Waals surface area contributed by atoms with Crippen LogP contribution in [0.2, 0.25) is 0 Å². The number of ketones is 1. The topological polar surface area (TPSA) is 167 Å². The number of carbonyl (C=O) groups is 5. The normalized spacial score (nSPS) is 17.8. The van der Waals surface area contributed by atoms with Crippen LogP contribution in [0.25, 0.3) is 16.7 Å². The largest absolute Gasteiger partial charge is 0.496 e. The molecule has 3 aliphatic rings. The number of anilines is 2. The summed E-state index contributed by atoms with van der Waals surface area (Å²) in [4.78, 5) is 68.3. The maximum Gasteiger partial charge on any atom is 0.376 e. The number of ether oxygens (including phenoxy) is 2. The molecule has 2 amide bonds. The zero-order valence-corrected chi connectivity index (χ0v) is 33.0. The summed E-state index contributed by atoms with van der Waals surface area (Å²) >= 11 is 0. The molecule has 0 saturated heterocycles. The number of nitrogens with one attached hydrogen (secondary N) is 3. The number of benzene rings is 4. The Bertz CT molecular complexity index is 2250. The van der Waals surface area contributed by atoms with Gasteiger partial charge in [0, 0.05) is 23.5 Å². The number of aliphatic hydroxyl groups is 1. The fourth-order valence-electron chi connectivity index (χ4n) is 8.00. The SMILES string of the molecule is COc1cc2c(cc1C)N(BC=O)[C@@H](O)C1CC(c3ccc(NN[C@@H](C)C(=O)NC(C(=O)C(=O)OCC4c5ccccc5-c5ccccc54)C(C)C)cc3)=CN1C2=O. The fourth-order valence-corrected chi connectivity index (χ4v) is 8.00. The Morgan fingerprint density at radius 3 is 2.22 bits per heavy atom. The Balaban J connectivity index is 0.953. The lowest BCUT2D eigenvalue weighted by molar-refractivity contribution is -0.155. The Labute approximate surface area is 337 Å². The van der Waals surface area contributed by atoms with Crippen LogP contribution in [0.1, 0.15) is 65.7 Å². The zero-order chi connectivity index (χ0) is 41.2. The van der Waals surface area contributed by atoms with Crippen LogP contribution >= 0.6 is 0 Å². The molecule has 0 fully saturated rings. The molecule has 0 radical (unpaired) electrons. The highest BCUT2D eigenvalue weighted by atomic mass is 16.5. The second-order valence-electron chi connectivity index (χ2n) is 15.2. The number of methoxy groups -OCH3 is 1. The van der Waals surface area contributed by atoms with E-state index in [4.69, 9.17) is 9.47 Å². The van der Waals surface area contributed by atoms with Gasteiger partial charge in [-0.05, 0) is 89.4 Å². The lowest BCUT2D eigenvalue weighted by Gasteiger charge is -2.33. The summed E-state index contributed by atoms with van der Waals surface area (Å²) in [5, 5.41) is 14.2. The third-order valence-corrected chi connectivity index (χ3v) is 11.2. The first-order chi connectivity index (χ1) is 27.9. The first-order valence-electron chi connectivity index (χ1n) is 19.3. The number of hydrogen-bond acceptors (Lipinski definition) is 11. The van der Waals surface area contributed by atoms with Crippen LogP contribution < -0.4 is 25.7 Å². The number of fused-ring (bicyclic) bond motifs is 5. The van der Waals surface area contributed by atoms with Gasteiger partial charge in [-0.1, -0.05) is 74.5 Å². The summed E-state index contributed by atoms with van der Waals surface area (Å²) in [6, 6.07) is 24.1. The van der Waals surface area contributed by atoms with E-state index in [1.54, 1.807) is 56.0 Å². The molecular formula is C44H46BN5O8. The average molecular weight is 784 g/mol. The molecule has 2 heterocycles. The number of hydrogen-bond donors (Lipinski definition) is 4. The molecule has 1 aliphatic carbocycles. The van der Waals surface area contributed by atoms with Gasteiger partial charge in [0.15, 0.2) is 0 Å².